The molecule has 12 heavy (non-hydrogen) atoms. The minimum Gasteiger partial charge on any atom is -0.385 e. The van der Waals surface area contributed by atoms with E-state index in [1.54, 1.807) is 7.11 Å². The Labute approximate surface area is 73.1 Å². The van der Waals surface area contributed by atoms with Crippen molar-refractivity contribution in [1.82, 2.24) is 4.57 Å². The molecule has 0 saturated heterocycles. The van der Waals surface area contributed by atoms with Gasteiger partial charge in [-0.2, -0.15) is 0 Å². The first kappa shape index (κ1) is 9.29. The minimum absolute atomic E-state index is 0.622. The van der Waals surface area contributed by atoms with Gasteiger partial charge in [-0.15, -0.1) is 0 Å². The van der Waals surface area contributed by atoms with Crippen LogP contribution in [-0.4, -0.2) is 18.3 Å². The Hall–Kier alpha value is -0.800. The summed E-state index contributed by atoms with van der Waals surface area (Å²) in [4.78, 5) is 0. The Morgan fingerprint density at radius 1 is 1.58 bits per heavy atom. The van der Waals surface area contributed by atoms with E-state index in [4.69, 9.17) is 10.5 Å². The highest BCUT2D eigenvalue weighted by molar-refractivity contribution is 5.09. The van der Waals surface area contributed by atoms with Crippen LogP contribution in [0.4, 0.5) is 0 Å². The van der Waals surface area contributed by atoms with Crippen LogP contribution in [0.25, 0.3) is 0 Å². The Balaban J connectivity index is 2.31. The maximum atomic E-state index is 5.48. The molecule has 0 fully saturated rings. The van der Waals surface area contributed by atoms with Gasteiger partial charge in [0, 0.05) is 39.2 Å². The van der Waals surface area contributed by atoms with Gasteiger partial charge >= 0.3 is 0 Å². The highest BCUT2D eigenvalue weighted by Crippen LogP contribution is 2.00. The lowest BCUT2D eigenvalue weighted by Gasteiger charge is -2.00. The number of aryl methyl sites for hydroxylation is 1. The van der Waals surface area contributed by atoms with E-state index in [9.17, 15) is 0 Å². The summed E-state index contributed by atoms with van der Waals surface area (Å²) in [5.41, 5.74) is 6.67. The predicted octanol–water partition coefficient (Wildman–Crippen LogP) is 0.983. The average Bonchev–Trinajstić information content (AvgIpc) is 2.53. The van der Waals surface area contributed by atoms with Gasteiger partial charge in [-0.05, 0) is 18.1 Å². The standard InChI is InChI=1S/C9H16N2O/c1-12-6-2-4-11-5-3-9(7-10)8-11/h3,5,8H,2,4,6-7,10H2,1H3. The maximum Gasteiger partial charge on any atom is 0.0479 e. The molecule has 0 bridgehead atoms. The zero-order chi connectivity index (χ0) is 8.81. The summed E-state index contributed by atoms with van der Waals surface area (Å²) in [7, 11) is 1.72. The summed E-state index contributed by atoms with van der Waals surface area (Å²) >= 11 is 0. The Morgan fingerprint density at radius 2 is 2.42 bits per heavy atom. The van der Waals surface area contributed by atoms with Crippen LogP contribution >= 0.6 is 0 Å². The molecule has 3 heteroatoms. The summed E-state index contributed by atoms with van der Waals surface area (Å²) in [5, 5.41) is 0. The van der Waals surface area contributed by atoms with E-state index in [2.05, 4.69) is 17.0 Å². The van der Waals surface area contributed by atoms with Crippen molar-refractivity contribution < 1.29 is 4.74 Å². The minimum atomic E-state index is 0.622. The molecule has 2 N–H and O–H groups in total. The van der Waals surface area contributed by atoms with Crippen LogP contribution in [-0.2, 0) is 17.8 Å². The monoisotopic (exact) mass is 168 g/mol. The average molecular weight is 168 g/mol. The van der Waals surface area contributed by atoms with Crippen molar-refractivity contribution in [2.75, 3.05) is 13.7 Å². The predicted molar refractivity (Wildman–Crippen MR) is 48.8 cm³/mol. The van der Waals surface area contributed by atoms with E-state index in [0.717, 1.165) is 19.6 Å². The van der Waals surface area contributed by atoms with Crippen molar-refractivity contribution in [1.29, 1.82) is 0 Å². The van der Waals surface area contributed by atoms with Crippen molar-refractivity contribution in [3.8, 4) is 0 Å². The number of methoxy groups -OCH3 is 1. The van der Waals surface area contributed by atoms with E-state index in [0.29, 0.717) is 6.54 Å². The van der Waals surface area contributed by atoms with Gasteiger partial charge in [0.15, 0.2) is 0 Å². The summed E-state index contributed by atoms with van der Waals surface area (Å²) in [6, 6.07) is 2.05. The number of nitrogens with two attached hydrogens (primary N) is 1. The lowest BCUT2D eigenvalue weighted by atomic mass is 10.3. The van der Waals surface area contributed by atoms with Crippen molar-refractivity contribution in [3.63, 3.8) is 0 Å². The topological polar surface area (TPSA) is 40.2 Å². The largest absolute Gasteiger partial charge is 0.385 e. The van der Waals surface area contributed by atoms with Gasteiger partial charge < -0.3 is 15.0 Å². The first-order valence-electron chi connectivity index (χ1n) is 4.20. The summed E-state index contributed by atoms with van der Waals surface area (Å²) in [6.45, 7) is 2.45. The van der Waals surface area contributed by atoms with Crippen LogP contribution in [0.3, 0.4) is 0 Å². The second-order valence-electron chi connectivity index (χ2n) is 2.81. The number of nitrogens with zero attached hydrogens (tertiary/aromatic N) is 1. The molecule has 0 saturated carbocycles. The molecular weight excluding hydrogens is 152 g/mol. The Kier molecular flexibility index (Phi) is 3.84. The van der Waals surface area contributed by atoms with Crippen molar-refractivity contribution in [2.24, 2.45) is 5.73 Å². The van der Waals surface area contributed by atoms with Crippen LogP contribution in [0, 0.1) is 0 Å². The molecule has 1 rings (SSSR count). The van der Waals surface area contributed by atoms with Crippen molar-refractivity contribution >= 4 is 0 Å². The summed E-state index contributed by atoms with van der Waals surface area (Å²) < 4.78 is 7.10. The van der Waals surface area contributed by atoms with Gasteiger partial charge in [0.1, 0.15) is 0 Å². The third-order valence-corrected chi connectivity index (χ3v) is 1.81. The van der Waals surface area contributed by atoms with Crippen LogP contribution in [0.1, 0.15) is 12.0 Å². The normalized spacial score (nSPS) is 10.5. The molecule has 0 spiro atoms. The van der Waals surface area contributed by atoms with Gasteiger partial charge in [0.2, 0.25) is 0 Å². The molecule has 1 aromatic heterocycles. The van der Waals surface area contributed by atoms with Crippen LogP contribution in [0.15, 0.2) is 18.5 Å². The SMILES string of the molecule is COCCCn1ccc(CN)c1. The smallest absolute Gasteiger partial charge is 0.0479 e. The van der Waals surface area contributed by atoms with Gasteiger partial charge in [-0.3, -0.25) is 0 Å². The highest BCUT2D eigenvalue weighted by Gasteiger charge is 1.93. The second kappa shape index (κ2) is 4.95. The molecule has 1 heterocycles. The van der Waals surface area contributed by atoms with E-state index in [1.165, 1.54) is 5.56 Å². The fourth-order valence-corrected chi connectivity index (χ4v) is 1.14. The Bertz CT molecular complexity index is 220. The summed E-state index contributed by atoms with van der Waals surface area (Å²) in [5.74, 6) is 0. The van der Waals surface area contributed by atoms with E-state index in [1.807, 2.05) is 6.07 Å². The van der Waals surface area contributed by atoms with Crippen molar-refractivity contribution in [2.45, 2.75) is 19.5 Å². The third kappa shape index (κ3) is 2.68. The van der Waals surface area contributed by atoms with Gasteiger partial charge in [0.05, 0.1) is 0 Å². The number of hydrogen-bond acceptors (Lipinski definition) is 2. The number of hydrogen-bond donors (Lipinski definition) is 1. The van der Waals surface area contributed by atoms with E-state index < -0.39 is 0 Å². The molecule has 0 aromatic carbocycles. The Morgan fingerprint density at radius 3 is 3.00 bits per heavy atom. The molecule has 0 aliphatic heterocycles. The zero-order valence-corrected chi connectivity index (χ0v) is 7.49. The van der Waals surface area contributed by atoms with Gasteiger partial charge in [-0.25, -0.2) is 0 Å². The first-order chi connectivity index (χ1) is 5.86. The molecule has 1 aromatic rings. The fraction of sp³-hybridized carbons (Fsp3) is 0.556. The van der Waals surface area contributed by atoms with E-state index in [-0.39, 0.29) is 0 Å². The number of rotatable bonds is 5. The molecular formula is C9H16N2O. The second-order valence-corrected chi connectivity index (χ2v) is 2.81. The third-order valence-electron chi connectivity index (χ3n) is 1.81. The lowest BCUT2D eigenvalue weighted by Crippen LogP contribution is -1.99. The molecule has 0 radical (unpaired) electrons. The fourth-order valence-electron chi connectivity index (χ4n) is 1.14. The van der Waals surface area contributed by atoms with Crippen LogP contribution < -0.4 is 5.73 Å². The van der Waals surface area contributed by atoms with Gasteiger partial charge in [0.25, 0.3) is 0 Å². The molecule has 3 nitrogen and oxygen atoms in total. The lowest BCUT2D eigenvalue weighted by molar-refractivity contribution is 0.190. The van der Waals surface area contributed by atoms with Crippen molar-refractivity contribution in [3.05, 3.63) is 24.0 Å². The zero-order valence-electron chi connectivity index (χ0n) is 7.49. The van der Waals surface area contributed by atoms with E-state index >= 15 is 0 Å². The summed E-state index contributed by atoms with van der Waals surface area (Å²) in [6.07, 6.45) is 5.18. The highest BCUT2D eigenvalue weighted by atomic mass is 16.5. The molecule has 0 atom stereocenters. The van der Waals surface area contributed by atoms with Crippen LogP contribution in [0.5, 0.6) is 0 Å². The quantitative estimate of drug-likeness (QED) is 0.666. The number of ether oxygens (including phenoxy) is 1. The molecule has 0 aliphatic carbocycles. The molecule has 0 unspecified atom stereocenters. The van der Waals surface area contributed by atoms with Gasteiger partial charge in [-0.1, -0.05) is 0 Å². The van der Waals surface area contributed by atoms with Crippen LogP contribution in [0.2, 0.25) is 0 Å². The maximum absolute atomic E-state index is 5.48. The molecule has 0 amide bonds. The first-order valence-corrected chi connectivity index (χ1v) is 4.20. The molecule has 0 aliphatic rings. The molecule has 68 valence electrons. The number of aromatic nitrogens is 1.